The van der Waals surface area contributed by atoms with Crippen LogP contribution in [0, 0.1) is 0 Å². The minimum atomic E-state index is 0.196. The van der Waals surface area contributed by atoms with Gasteiger partial charge in [0.15, 0.2) is 0 Å². The van der Waals surface area contributed by atoms with Crippen LogP contribution in [0.25, 0.3) is 0 Å². The highest BCUT2D eigenvalue weighted by Gasteiger charge is 2.26. The summed E-state index contributed by atoms with van der Waals surface area (Å²) < 4.78 is 0. The lowest BCUT2D eigenvalue weighted by Crippen LogP contribution is -2.35. The zero-order chi connectivity index (χ0) is 17.1. The highest BCUT2D eigenvalue weighted by atomic mass is 16.3. The van der Waals surface area contributed by atoms with E-state index in [1.807, 2.05) is 0 Å². The number of hydrogen-bond acceptors (Lipinski definition) is 5. The van der Waals surface area contributed by atoms with Crippen molar-refractivity contribution in [1.29, 1.82) is 0 Å². The Bertz CT molecular complexity index is 685. The quantitative estimate of drug-likeness (QED) is 0.929. The Labute approximate surface area is 149 Å². The standard InChI is InChI=1S/C20H26N4O/c25-14-18-7-4-10-24(18)20-13-19(21-15-22-20)23-11-8-17(9-12-23)16-5-2-1-3-6-16/h1-3,5-6,13,15,17-18,25H,4,7-12,14H2/t18-/m0/s1. The van der Waals surface area contributed by atoms with Gasteiger partial charge in [-0.1, -0.05) is 30.3 Å². The van der Waals surface area contributed by atoms with Crippen LogP contribution in [0.1, 0.15) is 37.2 Å². The number of aromatic nitrogens is 2. The van der Waals surface area contributed by atoms with Gasteiger partial charge in [0.2, 0.25) is 0 Å². The molecule has 1 aromatic heterocycles. The van der Waals surface area contributed by atoms with Crippen LogP contribution >= 0.6 is 0 Å². The Morgan fingerprint density at radius 2 is 1.72 bits per heavy atom. The molecule has 2 aromatic rings. The van der Waals surface area contributed by atoms with Gasteiger partial charge in [-0.3, -0.25) is 0 Å². The van der Waals surface area contributed by atoms with E-state index in [0.717, 1.165) is 57.0 Å². The molecule has 2 fully saturated rings. The summed E-state index contributed by atoms with van der Waals surface area (Å²) in [5, 5.41) is 9.56. The van der Waals surface area contributed by atoms with Crippen LogP contribution in [0.2, 0.25) is 0 Å². The fraction of sp³-hybridized carbons (Fsp3) is 0.500. The van der Waals surface area contributed by atoms with Crippen LogP contribution in [0.5, 0.6) is 0 Å². The molecule has 0 radical (unpaired) electrons. The van der Waals surface area contributed by atoms with Gasteiger partial charge in [0.05, 0.1) is 12.6 Å². The molecular formula is C20H26N4O. The summed E-state index contributed by atoms with van der Waals surface area (Å²) in [4.78, 5) is 13.6. The Hall–Kier alpha value is -2.14. The molecule has 0 amide bonds. The molecular weight excluding hydrogens is 312 g/mol. The summed E-state index contributed by atoms with van der Waals surface area (Å²) in [6, 6.07) is 13.1. The zero-order valence-corrected chi connectivity index (χ0v) is 14.6. The maximum Gasteiger partial charge on any atom is 0.134 e. The fourth-order valence-corrected chi connectivity index (χ4v) is 4.16. The van der Waals surface area contributed by atoms with E-state index < -0.39 is 0 Å². The topological polar surface area (TPSA) is 52.5 Å². The predicted molar refractivity (Wildman–Crippen MR) is 100 cm³/mol. The number of aliphatic hydroxyl groups is 1. The van der Waals surface area contributed by atoms with Gasteiger partial charge in [-0.25, -0.2) is 9.97 Å². The van der Waals surface area contributed by atoms with Crippen LogP contribution < -0.4 is 9.80 Å². The average Bonchev–Trinajstić information content (AvgIpc) is 3.18. The Kier molecular flexibility index (Phi) is 4.83. The van der Waals surface area contributed by atoms with Crippen LogP contribution in [0.15, 0.2) is 42.7 Å². The fourth-order valence-electron chi connectivity index (χ4n) is 4.16. The van der Waals surface area contributed by atoms with E-state index in [4.69, 9.17) is 0 Å². The maximum atomic E-state index is 9.56. The monoisotopic (exact) mass is 338 g/mol. The first kappa shape index (κ1) is 16.3. The second kappa shape index (κ2) is 7.40. The predicted octanol–water partition coefficient (Wildman–Crippen LogP) is 2.82. The molecule has 0 saturated carbocycles. The van der Waals surface area contributed by atoms with E-state index in [9.17, 15) is 5.11 Å². The Morgan fingerprint density at radius 1 is 0.960 bits per heavy atom. The van der Waals surface area contributed by atoms with Crippen molar-refractivity contribution >= 4 is 11.6 Å². The van der Waals surface area contributed by atoms with Crippen LogP contribution in [-0.2, 0) is 0 Å². The van der Waals surface area contributed by atoms with Crippen LogP contribution in [0.3, 0.4) is 0 Å². The molecule has 1 atom stereocenters. The molecule has 132 valence electrons. The average molecular weight is 338 g/mol. The van der Waals surface area contributed by atoms with Gasteiger partial charge in [0.25, 0.3) is 0 Å². The molecule has 25 heavy (non-hydrogen) atoms. The van der Waals surface area contributed by atoms with Gasteiger partial charge in [0, 0.05) is 25.7 Å². The second-order valence-corrected chi connectivity index (χ2v) is 7.08. The molecule has 0 spiro atoms. The van der Waals surface area contributed by atoms with Crippen molar-refractivity contribution in [2.45, 2.75) is 37.6 Å². The molecule has 1 N–H and O–H groups in total. The van der Waals surface area contributed by atoms with Crippen molar-refractivity contribution in [1.82, 2.24) is 9.97 Å². The van der Waals surface area contributed by atoms with E-state index >= 15 is 0 Å². The lowest BCUT2D eigenvalue weighted by atomic mass is 9.89. The Balaban J connectivity index is 1.44. The van der Waals surface area contributed by atoms with Gasteiger partial charge in [-0.15, -0.1) is 0 Å². The minimum absolute atomic E-state index is 0.196. The van der Waals surface area contributed by atoms with Crippen molar-refractivity contribution in [3.63, 3.8) is 0 Å². The van der Waals surface area contributed by atoms with E-state index in [1.165, 1.54) is 5.56 Å². The van der Waals surface area contributed by atoms with Gasteiger partial charge in [0.1, 0.15) is 18.0 Å². The lowest BCUT2D eigenvalue weighted by molar-refractivity contribution is 0.266. The molecule has 3 heterocycles. The zero-order valence-electron chi connectivity index (χ0n) is 14.6. The normalized spacial score (nSPS) is 21.7. The summed E-state index contributed by atoms with van der Waals surface area (Å²) in [5.74, 6) is 2.61. The van der Waals surface area contributed by atoms with Crippen molar-refractivity contribution in [2.24, 2.45) is 0 Å². The number of anilines is 2. The SMILES string of the molecule is OC[C@@H]1CCCN1c1cc(N2CCC(c3ccccc3)CC2)ncn1. The van der Waals surface area contributed by atoms with Crippen molar-refractivity contribution in [3.8, 4) is 0 Å². The van der Waals surface area contributed by atoms with E-state index in [2.05, 4.69) is 56.2 Å². The first-order valence-electron chi connectivity index (χ1n) is 9.34. The van der Waals surface area contributed by atoms with E-state index in [1.54, 1.807) is 6.33 Å². The summed E-state index contributed by atoms with van der Waals surface area (Å²) in [7, 11) is 0. The second-order valence-electron chi connectivity index (χ2n) is 7.08. The number of aliphatic hydroxyl groups excluding tert-OH is 1. The van der Waals surface area contributed by atoms with Gasteiger partial charge in [-0.05, 0) is 37.2 Å². The number of benzene rings is 1. The number of piperidine rings is 1. The first-order chi connectivity index (χ1) is 12.3. The van der Waals surface area contributed by atoms with E-state index in [-0.39, 0.29) is 12.6 Å². The molecule has 0 aliphatic carbocycles. The third kappa shape index (κ3) is 3.47. The summed E-state index contributed by atoms with van der Waals surface area (Å²) in [6.07, 6.45) is 6.14. The van der Waals surface area contributed by atoms with Crippen molar-refractivity contribution < 1.29 is 5.11 Å². The molecule has 2 saturated heterocycles. The van der Waals surface area contributed by atoms with Crippen LogP contribution in [-0.4, -0.2) is 47.4 Å². The highest BCUT2D eigenvalue weighted by molar-refractivity contribution is 5.51. The molecule has 2 aliphatic heterocycles. The van der Waals surface area contributed by atoms with Gasteiger partial charge < -0.3 is 14.9 Å². The molecule has 1 aromatic carbocycles. The van der Waals surface area contributed by atoms with Crippen molar-refractivity contribution in [3.05, 3.63) is 48.3 Å². The van der Waals surface area contributed by atoms with E-state index in [0.29, 0.717) is 5.92 Å². The number of rotatable bonds is 4. The maximum absolute atomic E-state index is 9.56. The molecule has 0 unspecified atom stereocenters. The number of nitrogens with zero attached hydrogens (tertiary/aromatic N) is 4. The minimum Gasteiger partial charge on any atom is -0.394 e. The van der Waals surface area contributed by atoms with Crippen LogP contribution in [0.4, 0.5) is 11.6 Å². The third-order valence-corrected chi connectivity index (χ3v) is 5.61. The largest absolute Gasteiger partial charge is 0.394 e. The summed E-state index contributed by atoms with van der Waals surface area (Å²) in [6.45, 7) is 3.22. The first-order valence-corrected chi connectivity index (χ1v) is 9.34. The molecule has 0 bridgehead atoms. The van der Waals surface area contributed by atoms with Gasteiger partial charge >= 0.3 is 0 Å². The summed E-state index contributed by atoms with van der Waals surface area (Å²) >= 11 is 0. The van der Waals surface area contributed by atoms with Crippen molar-refractivity contribution in [2.75, 3.05) is 36.0 Å². The molecule has 5 nitrogen and oxygen atoms in total. The molecule has 5 heteroatoms. The lowest BCUT2D eigenvalue weighted by Gasteiger charge is -2.33. The number of hydrogen-bond donors (Lipinski definition) is 1. The smallest absolute Gasteiger partial charge is 0.134 e. The third-order valence-electron chi connectivity index (χ3n) is 5.61. The van der Waals surface area contributed by atoms with Gasteiger partial charge in [-0.2, -0.15) is 0 Å². The Morgan fingerprint density at radius 3 is 2.48 bits per heavy atom. The molecule has 4 rings (SSSR count). The highest BCUT2D eigenvalue weighted by Crippen LogP contribution is 2.31. The summed E-state index contributed by atoms with van der Waals surface area (Å²) in [5.41, 5.74) is 1.45. The molecule has 2 aliphatic rings.